The maximum absolute atomic E-state index is 11.6. The summed E-state index contributed by atoms with van der Waals surface area (Å²) in [4.78, 5) is 10.5. The molecule has 0 radical (unpaired) electrons. The van der Waals surface area contributed by atoms with Gasteiger partial charge in [-0.05, 0) is 30.9 Å². The molecule has 3 heterocycles. The van der Waals surface area contributed by atoms with Crippen LogP contribution in [-0.2, 0) is 16.6 Å². The molecule has 0 atom stereocenters. The molecule has 0 aliphatic carbocycles. The summed E-state index contributed by atoms with van der Waals surface area (Å²) in [5.74, 6) is 1.43. The van der Waals surface area contributed by atoms with Gasteiger partial charge in [0.1, 0.15) is 0 Å². The van der Waals surface area contributed by atoms with Gasteiger partial charge in [-0.15, -0.1) is 35.3 Å². The Morgan fingerprint density at radius 3 is 2.38 bits per heavy atom. The number of nitrogens with zero attached hydrogens (tertiary/aromatic N) is 4. The molecule has 0 bridgehead atoms. The van der Waals surface area contributed by atoms with Crippen molar-refractivity contribution in [3.63, 3.8) is 0 Å². The van der Waals surface area contributed by atoms with E-state index in [2.05, 4.69) is 26.2 Å². The number of hydrogen-bond acceptors (Lipinski definition) is 5. The quantitative estimate of drug-likeness (QED) is 0.332. The van der Waals surface area contributed by atoms with E-state index in [9.17, 15) is 8.42 Å². The average Bonchev–Trinajstić information content (AvgIpc) is 3.08. The second-order valence-electron chi connectivity index (χ2n) is 7.50. The highest BCUT2D eigenvalue weighted by Crippen LogP contribution is 2.23. The van der Waals surface area contributed by atoms with E-state index in [1.165, 1.54) is 11.1 Å². The van der Waals surface area contributed by atoms with Gasteiger partial charge in [0.15, 0.2) is 5.96 Å². The molecule has 2 saturated heterocycles. The molecule has 11 heteroatoms. The first kappa shape index (κ1) is 25.1. The average molecular weight is 576 g/mol. The minimum atomic E-state index is -3.06. The lowest BCUT2D eigenvalue weighted by Gasteiger charge is -2.37. The van der Waals surface area contributed by atoms with Crippen LogP contribution in [0, 0.1) is 5.92 Å². The van der Waals surface area contributed by atoms with E-state index in [0.29, 0.717) is 19.0 Å². The van der Waals surface area contributed by atoms with Crippen LogP contribution < -0.4 is 5.32 Å². The molecule has 2 aliphatic heterocycles. The van der Waals surface area contributed by atoms with Gasteiger partial charge in [-0.25, -0.2) is 12.7 Å². The Labute approximate surface area is 200 Å². The maximum Gasteiger partial charge on any atom is 0.211 e. The lowest BCUT2D eigenvalue weighted by atomic mass is 9.98. The summed E-state index contributed by atoms with van der Waals surface area (Å²) in [5, 5.41) is 3.50. The normalized spacial score (nSPS) is 20.5. The Balaban J connectivity index is 0.00000300. The van der Waals surface area contributed by atoms with Gasteiger partial charge in [0.05, 0.1) is 10.6 Å². The highest BCUT2D eigenvalue weighted by atomic mass is 127. The van der Waals surface area contributed by atoms with Gasteiger partial charge in [0, 0.05) is 64.3 Å². The van der Waals surface area contributed by atoms with Crippen LogP contribution in [0.15, 0.2) is 17.1 Å². The van der Waals surface area contributed by atoms with Crippen molar-refractivity contribution in [1.82, 2.24) is 19.4 Å². The highest BCUT2D eigenvalue weighted by Gasteiger charge is 2.26. The number of sulfonamides is 1. The summed E-state index contributed by atoms with van der Waals surface area (Å²) in [7, 11) is -1.23. The smallest absolute Gasteiger partial charge is 0.211 e. The zero-order valence-electron chi connectivity index (χ0n) is 17.0. The summed E-state index contributed by atoms with van der Waals surface area (Å²) >= 11 is 7.68. The lowest BCUT2D eigenvalue weighted by molar-refractivity contribution is 0.173. The molecule has 7 nitrogen and oxygen atoms in total. The van der Waals surface area contributed by atoms with E-state index in [-0.39, 0.29) is 24.0 Å². The number of piperidine rings is 1. The fraction of sp³-hybridized carbons (Fsp3) is 0.722. The van der Waals surface area contributed by atoms with Crippen LogP contribution in [0.3, 0.4) is 0 Å². The Hall–Kier alpha value is -0.140. The van der Waals surface area contributed by atoms with E-state index in [4.69, 9.17) is 11.6 Å². The first-order valence-electron chi connectivity index (χ1n) is 9.72. The van der Waals surface area contributed by atoms with Crippen molar-refractivity contribution >= 4 is 62.9 Å². The molecule has 166 valence electrons. The van der Waals surface area contributed by atoms with Crippen molar-refractivity contribution in [2.75, 3.05) is 59.1 Å². The zero-order chi connectivity index (χ0) is 20.1. The topological polar surface area (TPSA) is 68.2 Å². The Morgan fingerprint density at radius 2 is 1.86 bits per heavy atom. The van der Waals surface area contributed by atoms with Crippen molar-refractivity contribution < 1.29 is 8.42 Å². The monoisotopic (exact) mass is 575 g/mol. The molecule has 2 fully saturated rings. The fourth-order valence-electron chi connectivity index (χ4n) is 3.79. The molecule has 3 rings (SSSR count). The van der Waals surface area contributed by atoms with Crippen LogP contribution >= 0.6 is 46.9 Å². The summed E-state index contributed by atoms with van der Waals surface area (Å²) in [5.41, 5.74) is 0. The summed E-state index contributed by atoms with van der Waals surface area (Å²) in [6, 6.07) is 4.07. The van der Waals surface area contributed by atoms with Crippen LogP contribution in [0.5, 0.6) is 0 Å². The van der Waals surface area contributed by atoms with Crippen molar-refractivity contribution in [2.24, 2.45) is 10.9 Å². The van der Waals surface area contributed by atoms with Gasteiger partial charge in [-0.1, -0.05) is 11.6 Å². The van der Waals surface area contributed by atoms with Crippen LogP contribution in [0.25, 0.3) is 0 Å². The number of nitrogens with one attached hydrogen (secondary N) is 1. The SMILES string of the molecule is CN=C(NCC1CCN(S(C)(=O)=O)CC1)N1CCN(Cc2ccc(Cl)s2)CC1.I. The van der Waals surface area contributed by atoms with Crippen LogP contribution in [-0.4, -0.2) is 87.6 Å². The minimum absolute atomic E-state index is 0. The number of guanidine groups is 1. The van der Waals surface area contributed by atoms with Crippen LogP contribution in [0.2, 0.25) is 4.34 Å². The zero-order valence-corrected chi connectivity index (χ0v) is 21.7. The second-order valence-corrected chi connectivity index (χ2v) is 11.3. The van der Waals surface area contributed by atoms with Crippen molar-refractivity contribution in [3.05, 3.63) is 21.3 Å². The number of rotatable bonds is 5. The molecule has 2 aliphatic rings. The molecule has 1 aromatic rings. The number of hydrogen-bond donors (Lipinski definition) is 1. The van der Waals surface area contributed by atoms with Gasteiger partial charge in [-0.2, -0.15) is 0 Å². The highest BCUT2D eigenvalue weighted by molar-refractivity contribution is 14.0. The molecule has 0 aromatic carbocycles. The second kappa shape index (κ2) is 11.5. The molecule has 0 amide bonds. The third-order valence-corrected chi connectivity index (χ3v) is 8.00. The third kappa shape index (κ3) is 7.49. The van der Waals surface area contributed by atoms with E-state index in [0.717, 1.165) is 62.4 Å². The molecule has 1 aromatic heterocycles. The predicted molar refractivity (Wildman–Crippen MR) is 132 cm³/mol. The Morgan fingerprint density at radius 1 is 1.21 bits per heavy atom. The van der Waals surface area contributed by atoms with Gasteiger partial charge >= 0.3 is 0 Å². The number of thiophene rings is 1. The summed E-state index contributed by atoms with van der Waals surface area (Å²) < 4.78 is 25.7. The van der Waals surface area contributed by atoms with Gasteiger partial charge in [-0.3, -0.25) is 9.89 Å². The van der Waals surface area contributed by atoms with E-state index >= 15 is 0 Å². The number of aliphatic imine (C=N–C) groups is 1. The fourth-order valence-corrected chi connectivity index (χ4v) is 5.79. The molecule has 0 spiro atoms. The van der Waals surface area contributed by atoms with Gasteiger partial charge in [0.25, 0.3) is 0 Å². The maximum atomic E-state index is 11.6. The number of halogens is 2. The Kier molecular flexibility index (Phi) is 9.94. The largest absolute Gasteiger partial charge is 0.356 e. The molecule has 0 unspecified atom stereocenters. The molecular weight excluding hydrogens is 545 g/mol. The van der Waals surface area contributed by atoms with Crippen molar-refractivity contribution in [3.8, 4) is 0 Å². The number of piperazine rings is 1. The van der Waals surface area contributed by atoms with Crippen LogP contribution in [0.4, 0.5) is 0 Å². The third-order valence-electron chi connectivity index (χ3n) is 5.48. The Bertz CT molecular complexity index is 773. The first-order chi connectivity index (χ1) is 13.3. The summed E-state index contributed by atoms with van der Waals surface area (Å²) in [6.45, 7) is 6.95. The van der Waals surface area contributed by atoms with Crippen molar-refractivity contribution in [2.45, 2.75) is 19.4 Å². The lowest BCUT2D eigenvalue weighted by Crippen LogP contribution is -2.53. The van der Waals surface area contributed by atoms with E-state index < -0.39 is 10.0 Å². The molecule has 29 heavy (non-hydrogen) atoms. The summed E-state index contributed by atoms with van der Waals surface area (Å²) in [6.07, 6.45) is 3.09. The standard InChI is InChI=1S/C18H30ClN5O2S2.HI/c1-20-18(21-13-15-5-7-24(8-6-15)28(2,25)26)23-11-9-22(10-12-23)14-16-3-4-17(19)27-16;/h3-4,15H,5-14H2,1-2H3,(H,20,21);1H. The molecule has 0 saturated carbocycles. The minimum Gasteiger partial charge on any atom is -0.356 e. The van der Waals surface area contributed by atoms with Gasteiger partial charge in [0.2, 0.25) is 10.0 Å². The van der Waals surface area contributed by atoms with Crippen LogP contribution in [0.1, 0.15) is 17.7 Å². The van der Waals surface area contributed by atoms with Gasteiger partial charge < -0.3 is 10.2 Å². The first-order valence-corrected chi connectivity index (χ1v) is 12.8. The molecule has 1 N–H and O–H groups in total. The van der Waals surface area contributed by atoms with Crippen molar-refractivity contribution in [1.29, 1.82) is 0 Å². The predicted octanol–water partition coefficient (Wildman–Crippen LogP) is 2.38. The van der Waals surface area contributed by atoms with E-state index in [1.54, 1.807) is 15.6 Å². The molecular formula is C18H31ClIN5O2S2. The van der Waals surface area contributed by atoms with E-state index in [1.807, 2.05) is 13.1 Å².